The summed E-state index contributed by atoms with van der Waals surface area (Å²) in [4.78, 5) is 28.8. The quantitative estimate of drug-likeness (QED) is 0.312. The van der Waals surface area contributed by atoms with E-state index in [2.05, 4.69) is 26.1 Å². The number of nitrogens with one attached hydrogen (secondary N) is 3. The van der Waals surface area contributed by atoms with Crippen LogP contribution in [-0.4, -0.2) is 55.2 Å². The summed E-state index contributed by atoms with van der Waals surface area (Å²) in [6.07, 6.45) is -4.73. The van der Waals surface area contributed by atoms with Crippen LogP contribution in [-0.2, 0) is 4.79 Å². The molecule has 1 saturated heterocycles. The van der Waals surface area contributed by atoms with Crippen molar-refractivity contribution < 1.29 is 18.0 Å². The van der Waals surface area contributed by atoms with E-state index in [0.717, 1.165) is 0 Å². The van der Waals surface area contributed by atoms with Gasteiger partial charge in [-0.15, -0.1) is 4.91 Å². The predicted molar refractivity (Wildman–Crippen MR) is 96.9 cm³/mol. The third-order valence-electron chi connectivity index (χ3n) is 4.56. The fraction of sp³-hybridized carbons (Fsp3) is 0.600. The van der Waals surface area contributed by atoms with E-state index in [9.17, 15) is 22.9 Å². The minimum Gasteiger partial charge on any atom is -0.353 e. The average Bonchev–Trinajstić information content (AvgIpc) is 3.04. The van der Waals surface area contributed by atoms with Gasteiger partial charge < -0.3 is 27.0 Å². The summed E-state index contributed by atoms with van der Waals surface area (Å²) in [7, 11) is 1.48. The highest BCUT2D eigenvalue weighted by Crippen LogP contribution is 2.33. The number of carbonyl (C=O) groups excluding carboxylic acids is 1. The Morgan fingerprint density at radius 2 is 2.14 bits per heavy atom. The molecule has 28 heavy (non-hydrogen) atoms. The lowest BCUT2D eigenvalue weighted by Gasteiger charge is -2.27. The van der Waals surface area contributed by atoms with Crippen LogP contribution in [0.25, 0.3) is 0 Å². The summed E-state index contributed by atoms with van der Waals surface area (Å²) in [5, 5.41) is 10.3. The molecule has 0 aromatic carbocycles. The van der Waals surface area contributed by atoms with Crippen LogP contribution in [0, 0.1) is 10.8 Å². The van der Waals surface area contributed by atoms with Crippen molar-refractivity contribution in [2.24, 2.45) is 22.6 Å². The van der Waals surface area contributed by atoms with Crippen molar-refractivity contribution in [1.29, 1.82) is 0 Å². The van der Waals surface area contributed by atoms with Crippen LogP contribution in [0.15, 0.2) is 23.6 Å². The molecule has 1 aliphatic heterocycles. The Morgan fingerprint density at radius 3 is 2.68 bits per heavy atom. The summed E-state index contributed by atoms with van der Waals surface area (Å²) in [6, 6.07) is -0.227. The van der Waals surface area contributed by atoms with Crippen molar-refractivity contribution in [2.45, 2.75) is 37.6 Å². The molecular formula is C15H23F3N8O2. The Labute approximate surface area is 159 Å². The van der Waals surface area contributed by atoms with Crippen molar-refractivity contribution in [3.63, 3.8) is 0 Å². The number of hydrogen-bond acceptors (Lipinski definition) is 9. The second-order valence-electron chi connectivity index (χ2n) is 6.41. The molecule has 13 heteroatoms. The number of nitrogens with zero attached hydrogens (tertiary/aromatic N) is 3. The maximum Gasteiger partial charge on any atom is 0.405 e. The molecule has 1 aromatic heterocycles. The fourth-order valence-electron chi connectivity index (χ4n) is 3.02. The molecular weight excluding hydrogens is 381 g/mol. The van der Waals surface area contributed by atoms with Crippen molar-refractivity contribution in [1.82, 2.24) is 15.6 Å². The number of hydrogen-bond donors (Lipinski definition) is 5. The molecule has 0 saturated carbocycles. The summed E-state index contributed by atoms with van der Waals surface area (Å²) < 4.78 is 39.1. The Hall–Kier alpha value is -2.35. The molecule has 1 fully saturated rings. The first kappa shape index (κ1) is 21.9. The van der Waals surface area contributed by atoms with Crippen molar-refractivity contribution in [3.05, 3.63) is 23.4 Å². The van der Waals surface area contributed by atoms with E-state index in [1.165, 1.54) is 30.4 Å². The number of nitroso groups, excluding NO2 is 1. The number of rotatable bonds is 7. The van der Waals surface area contributed by atoms with Gasteiger partial charge in [-0.25, -0.2) is 0 Å². The summed E-state index contributed by atoms with van der Waals surface area (Å²) in [5.41, 5.74) is 11.9. The van der Waals surface area contributed by atoms with E-state index < -0.39 is 42.5 Å². The molecule has 156 valence electrons. The van der Waals surface area contributed by atoms with Crippen LogP contribution in [0.3, 0.4) is 0 Å². The van der Waals surface area contributed by atoms with Gasteiger partial charge in [0.1, 0.15) is 12.0 Å². The molecule has 10 nitrogen and oxygen atoms in total. The first-order valence-corrected chi connectivity index (χ1v) is 8.45. The average molecular weight is 404 g/mol. The molecule has 5 unspecified atom stereocenters. The molecule has 0 aliphatic carbocycles. The normalized spacial score (nSPS) is 23.2. The van der Waals surface area contributed by atoms with Crippen LogP contribution in [0.5, 0.6) is 0 Å². The molecule has 2 rings (SSSR count). The number of carbonyl (C=O) groups is 1. The van der Waals surface area contributed by atoms with Gasteiger partial charge in [-0.2, -0.15) is 13.2 Å². The van der Waals surface area contributed by atoms with Crippen LogP contribution >= 0.6 is 0 Å². The van der Waals surface area contributed by atoms with Crippen LogP contribution in [0.1, 0.15) is 6.92 Å². The number of halogens is 3. The number of amides is 1. The van der Waals surface area contributed by atoms with Crippen LogP contribution < -0.4 is 32.3 Å². The molecule has 0 bridgehead atoms. The number of anilines is 2. The minimum absolute atomic E-state index is 0.162. The van der Waals surface area contributed by atoms with E-state index in [1.807, 2.05) is 0 Å². The molecule has 1 aromatic rings. The smallest absolute Gasteiger partial charge is 0.353 e. The Balaban J connectivity index is 2.27. The van der Waals surface area contributed by atoms with Gasteiger partial charge in [0, 0.05) is 12.7 Å². The van der Waals surface area contributed by atoms with Gasteiger partial charge in [0.2, 0.25) is 5.91 Å². The standard InChI is InChI=1S/C15H23F3N8O2/c1-7-23-10(15(16,17)18)6-26(7)9-3-4-22-5-8(9)24-14(27)11(12(19)21-2)13(20)25-28/h3-5,7,10-13,21,23H,6,19-20H2,1-2H3,(H,24,27). The SMILES string of the molecule is CNC(N)C(C(=O)Nc1cnccc1N1CC(C(F)(F)F)NC1C)C(N)N=O. The zero-order chi connectivity index (χ0) is 21.1. The summed E-state index contributed by atoms with van der Waals surface area (Å²) in [5.74, 6) is -1.91. The monoisotopic (exact) mass is 404 g/mol. The predicted octanol–water partition coefficient (Wildman–Crippen LogP) is -0.122. The maximum absolute atomic E-state index is 13.0. The number of aromatic nitrogens is 1. The lowest BCUT2D eigenvalue weighted by molar-refractivity contribution is -0.149. The third-order valence-corrected chi connectivity index (χ3v) is 4.56. The molecule has 1 amide bonds. The van der Waals surface area contributed by atoms with E-state index in [0.29, 0.717) is 5.69 Å². The van der Waals surface area contributed by atoms with Gasteiger partial charge in [0.15, 0.2) is 6.17 Å². The highest BCUT2D eigenvalue weighted by Gasteiger charge is 2.46. The number of pyridine rings is 1. The highest BCUT2D eigenvalue weighted by atomic mass is 19.4. The topological polar surface area (TPSA) is 151 Å². The minimum atomic E-state index is -4.41. The Morgan fingerprint density at radius 1 is 1.46 bits per heavy atom. The van der Waals surface area contributed by atoms with E-state index in [-0.39, 0.29) is 12.2 Å². The van der Waals surface area contributed by atoms with Crippen molar-refractivity contribution >= 4 is 17.3 Å². The van der Waals surface area contributed by atoms with Gasteiger partial charge in [-0.1, -0.05) is 5.18 Å². The molecule has 5 atom stereocenters. The lowest BCUT2D eigenvalue weighted by Crippen LogP contribution is -2.53. The Bertz CT molecular complexity index is 704. The zero-order valence-corrected chi connectivity index (χ0v) is 15.3. The molecule has 7 N–H and O–H groups in total. The van der Waals surface area contributed by atoms with Gasteiger partial charge in [-0.3, -0.25) is 15.1 Å². The number of nitrogens with two attached hydrogens (primary N) is 2. The van der Waals surface area contributed by atoms with E-state index >= 15 is 0 Å². The first-order valence-electron chi connectivity index (χ1n) is 8.45. The largest absolute Gasteiger partial charge is 0.405 e. The van der Waals surface area contributed by atoms with Gasteiger partial charge in [-0.05, 0) is 20.0 Å². The fourth-order valence-corrected chi connectivity index (χ4v) is 3.02. The van der Waals surface area contributed by atoms with E-state index in [1.54, 1.807) is 6.92 Å². The molecule has 0 radical (unpaired) electrons. The molecule has 2 heterocycles. The van der Waals surface area contributed by atoms with Gasteiger partial charge in [0.05, 0.1) is 29.9 Å². The van der Waals surface area contributed by atoms with Crippen LogP contribution in [0.2, 0.25) is 0 Å². The third kappa shape index (κ3) is 4.73. The number of alkyl halides is 3. The summed E-state index contributed by atoms with van der Waals surface area (Å²) >= 11 is 0. The Kier molecular flexibility index (Phi) is 6.87. The van der Waals surface area contributed by atoms with Crippen molar-refractivity contribution in [2.75, 3.05) is 23.8 Å². The molecule has 0 spiro atoms. The second kappa shape index (κ2) is 8.77. The van der Waals surface area contributed by atoms with Crippen molar-refractivity contribution in [3.8, 4) is 0 Å². The van der Waals surface area contributed by atoms with Gasteiger partial charge >= 0.3 is 6.18 Å². The van der Waals surface area contributed by atoms with Gasteiger partial charge in [0.25, 0.3) is 0 Å². The molecule has 1 aliphatic rings. The first-order chi connectivity index (χ1) is 13.1. The second-order valence-corrected chi connectivity index (χ2v) is 6.41. The zero-order valence-electron chi connectivity index (χ0n) is 15.3. The summed E-state index contributed by atoms with van der Waals surface area (Å²) in [6.45, 7) is 1.23. The highest BCUT2D eigenvalue weighted by molar-refractivity contribution is 5.96. The van der Waals surface area contributed by atoms with Crippen LogP contribution in [0.4, 0.5) is 24.5 Å². The maximum atomic E-state index is 13.0. The van der Waals surface area contributed by atoms with E-state index in [4.69, 9.17) is 11.5 Å². The lowest BCUT2D eigenvalue weighted by atomic mass is 10.0.